The van der Waals surface area contributed by atoms with E-state index in [-0.39, 0.29) is 0 Å². The van der Waals surface area contributed by atoms with Crippen molar-refractivity contribution >= 4 is 20.2 Å². The maximum atomic E-state index is 9.56. The van der Waals surface area contributed by atoms with Crippen molar-refractivity contribution in [3.63, 3.8) is 0 Å². The summed E-state index contributed by atoms with van der Waals surface area (Å²) in [4.78, 5) is 0. The molecule has 43 valence electrons. The first-order chi connectivity index (χ1) is 2.73. The van der Waals surface area contributed by atoms with E-state index in [2.05, 4.69) is 9.42 Å². The molecule has 0 aliphatic carbocycles. The first kappa shape index (κ1) is 10.2. The number of halogens is 1. The molecular weight excluding hydrogens is 303 g/mol. The summed E-state index contributed by atoms with van der Waals surface area (Å²) in [5.41, 5.74) is 0. The Balaban J connectivity index is 0. The van der Waals surface area contributed by atoms with Gasteiger partial charge >= 0.3 is 28.2 Å². The van der Waals surface area contributed by atoms with Crippen molar-refractivity contribution in [2.45, 2.75) is 0 Å². The average Bonchev–Trinajstić information content (AvgIpc) is 1.41. The van der Waals surface area contributed by atoms with Crippen molar-refractivity contribution in [3.05, 3.63) is 0 Å². The van der Waals surface area contributed by atoms with Gasteiger partial charge in [-0.05, 0) is 0 Å². The third-order valence-electron chi connectivity index (χ3n) is 0. The summed E-state index contributed by atoms with van der Waals surface area (Å²) < 4.78 is 9.56. The van der Waals surface area contributed by atoms with Gasteiger partial charge in [-0.1, -0.05) is 0 Å². The quantitative estimate of drug-likeness (QED) is 0.643. The van der Waals surface area contributed by atoms with Crippen LogP contribution in [-0.4, -0.2) is 16.7 Å². The standard InChI is InChI=1S/C2H6OS.ClH.Pt/c1-4(2)3;;/h1-2H3;1H;/q;;+1/p-1. The third kappa shape index (κ3) is 68.7. The molecule has 0 bridgehead atoms. The van der Waals surface area contributed by atoms with Crippen molar-refractivity contribution in [1.29, 1.82) is 0 Å². The van der Waals surface area contributed by atoms with Crippen molar-refractivity contribution in [1.82, 2.24) is 0 Å². The van der Waals surface area contributed by atoms with E-state index in [4.69, 9.17) is 0 Å². The Kier molecular flexibility index (Phi) is 16.0. The Labute approximate surface area is 55.7 Å². The van der Waals surface area contributed by atoms with Crippen LogP contribution in [0.3, 0.4) is 0 Å². The first-order valence-corrected chi connectivity index (χ1v) is 5.88. The maximum absolute atomic E-state index is 9.56. The van der Waals surface area contributed by atoms with Gasteiger partial charge in [0.2, 0.25) is 0 Å². The molecule has 0 N–H and O–H groups in total. The van der Waals surface area contributed by atoms with Crippen molar-refractivity contribution < 1.29 is 23.0 Å². The minimum absolute atomic E-state index is 0.611. The molecular formula is C2H6ClOPtS. The van der Waals surface area contributed by atoms with E-state index < -0.39 is 10.8 Å². The second-order valence-electron chi connectivity index (χ2n) is 0.742. The van der Waals surface area contributed by atoms with Gasteiger partial charge in [0.05, 0.1) is 0 Å². The van der Waals surface area contributed by atoms with Crippen LogP contribution in [0.1, 0.15) is 0 Å². The molecule has 0 rings (SSSR count). The van der Waals surface area contributed by atoms with Gasteiger partial charge in [-0.15, -0.1) is 0 Å². The van der Waals surface area contributed by atoms with Crippen LogP contribution in [0.2, 0.25) is 0 Å². The molecule has 1 nitrogen and oxygen atoms in total. The fraction of sp³-hybridized carbons (Fsp3) is 1.00. The van der Waals surface area contributed by atoms with E-state index in [9.17, 15) is 4.21 Å². The topological polar surface area (TPSA) is 17.1 Å². The predicted octanol–water partition coefficient (Wildman–Crippen LogP) is 0.682. The zero-order valence-corrected chi connectivity index (χ0v) is 7.36. The van der Waals surface area contributed by atoms with E-state index in [1.54, 1.807) is 31.3 Å². The zero-order chi connectivity index (χ0) is 5.58. The average molecular weight is 309 g/mol. The van der Waals surface area contributed by atoms with E-state index >= 15 is 0 Å². The zero-order valence-electron chi connectivity index (χ0n) is 3.51. The van der Waals surface area contributed by atoms with Crippen LogP contribution in [0.5, 0.6) is 0 Å². The van der Waals surface area contributed by atoms with Gasteiger partial charge < -0.3 is 0 Å². The van der Waals surface area contributed by atoms with E-state index in [0.717, 1.165) is 0 Å². The number of hydrogen-bond acceptors (Lipinski definition) is 1. The van der Waals surface area contributed by atoms with Gasteiger partial charge in [-0.25, -0.2) is 0 Å². The molecule has 0 aromatic heterocycles. The number of hydrogen-bond donors (Lipinski definition) is 0. The summed E-state index contributed by atoms with van der Waals surface area (Å²) in [5, 5.41) is 0. The molecule has 0 saturated carbocycles. The predicted molar refractivity (Wildman–Crippen MR) is 25.8 cm³/mol. The van der Waals surface area contributed by atoms with Gasteiger partial charge in [-0.3, -0.25) is 4.21 Å². The fourth-order valence-corrected chi connectivity index (χ4v) is 0. The second kappa shape index (κ2) is 9.46. The summed E-state index contributed by atoms with van der Waals surface area (Å²) in [7, 11) is 4.00. The van der Waals surface area contributed by atoms with Crippen LogP contribution in [0.4, 0.5) is 0 Å². The van der Waals surface area contributed by atoms with Crippen LogP contribution in [0.15, 0.2) is 0 Å². The molecule has 0 unspecified atom stereocenters. The molecule has 0 aliphatic heterocycles. The Hall–Kier alpha value is 1.13. The summed E-state index contributed by atoms with van der Waals surface area (Å²) in [6.07, 6.45) is 3.28. The summed E-state index contributed by atoms with van der Waals surface area (Å²) in [5.74, 6) is 0. The molecule has 0 aromatic rings. The summed E-state index contributed by atoms with van der Waals surface area (Å²) in [6.45, 7) is 0. The third-order valence-corrected chi connectivity index (χ3v) is 0. The Morgan fingerprint density at radius 1 is 1.50 bits per heavy atom. The van der Waals surface area contributed by atoms with Gasteiger partial charge in [0, 0.05) is 23.3 Å². The molecule has 0 radical (unpaired) electrons. The molecule has 4 heteroatoms. The molecule has 0 aliphatic rings. The van der Waals surface area contributed by atoms with Crippen LogP contribution in [-0.2, 0) is 29.6 Å². The van der Waals surface area contributed by atoms with E-state index in [0.29, 0.717) is 0 Å². The minimum atomic E-state index is -0.611. The molecule has 0 saturated heterocycles. The molecule has 0 amide bonds. The van der Waals surface area contributed by atoms with Crippen LogP contribution >= 0.6 is 9.42 Å². The normalized spacial score (nSPS) is 7.00. The van der Waals surface area contributed by atoms with E-state index in [1.807, 2.05) is 0 Å². The van der Waals surface area contributed by atoms with Gasteiger partial charge in [0.15, 0.2) is 0 Å². The van der Waals surface area contributed by atoms with Crippen LogP contribution in [0, 0.1) is 0 Å². The van der Waals surface area contributed by atoms with E-state index in [1.165, 1.54) is 0 Å². The Morgan fingerprint density at radius 2 is 1.50 bits per heavy atom. The van der Waals surface area contributed by atoms with Gasteiger partial charge in [0.1, 0.15) is 0 Å². The van der Waals surface area contributed by atoms with Gasteiger partial charge in [-0.2, -0.15) is 0 Å². The van der Waals surface area contributed by atoms with Crippen molar-refractivity contribution in [2.24, 2.45) is 0 Å². The Morgan fingerprint density at radius 3 is 1.50 bits per heavy atom. The Bertz CT molecular complexity index is 36.5. The monoisotopic (exact) mass is 308 g/mol. The molecule has 0 atom stereocenters. The molecule has 0 spiro atoms. The van der Waals surface area contributed by atoms with Gasteiger partial charge in [0.25, 0.3) is 0 Å². The summed E-state index contributed by atoms with van der Waals surface area (Å²) >= 11 is 1.61. The number of rotatable bonds is 0. The molecule has 0 fully saturated rings. The second-order valence-corrected chi connectivity index (χ2v) is 2.22. The first-order valence-electron chi connectivity index (χ1n) is 1.10. The summed E-state index contributed by atoms with van der Waals surface area (Å²) in [6, 6.07) is 0. The van der Waals surface area contributed by atoms with Crippen LogP contribution < -0.4 is 0 Å². The molecule has 0 heterocycles. The van der Waals surface area contributed by atoms with Crippen molar-refractivity contribution in [3.8, 4) is 0 Å². The van der Waals surface area contributed by atoms with Crippen LogP contribution in [0.25, 0.3) is 0 Å². The molecule has 6 heavy (non-hydrogen) atoms. The molecule has 0 aromatic carbocycles. The van der Waals surface area contributed by atoms with Crippen molar-refractivity contribution in [2.75, 3.05) is 12.5 Å². The fourth-order valence-electron chi connectivity index (χ4n) is 0. The SMILES string of the molecule is CS(C)=O.[Cl][Pt].